The average Bonchev–Trinajstić information content (AvgIpc) is 2.62. The zero-order valence-electron chi connectivity index (χ0n) is 12.4. The van der Waals surface area contributed by atoms with Crippen LogP contribution in [0.25, 0.3) is 0 Å². The van der Waals surface area contributed by atoms with Crippen LogP contribution in [-0.2, 0) is 0 Å². The standard InChI is InChI=1S/C17H9Cl2N3O3/c18-9-2-1-3-11(13(9)19)22-15-14(16(24)17(15)25)21-10-5-4-8(7-20)6-12(10)23/h1-6,21-23H. The fourth-order valence-electron chi connectivity index (χ4n) is 2.21. The second-order valence-corrected chi connectivity index (χ2v) is 5.89. The molecule has 0 radical (unpaired) electrons. The molecule has 0 unspecified atom stereocenters. The number of anilines is 4. The van der Waals surface area contributed by atoms with Gasteiger partial charge in [-0.05, 0) is 30.3 Å². The lowest BCUT2D eigenvalue weighted by Crippen LogP contribution is -2.35. The van der Waals surface area contributed by atoms with Crippen LogP contribution in [0.3, 0.4) is 0 Å². The highest BCUT2D eigenvalue weighted by Gasteiger charge is 2.23. The van der Waals surface area contributed by atoms with Crippen LogP contribution in [0.15, 0.2) is 46.0 Å². The largest absolute Gasteiger partial charge is 0.506 e. The second-order valence-electron chi connectivity index (χ2n) is 5.10. The zero-order chi connectivity index (χ0) is 18.1. The third-order valence-electron chi connectivity index (χ3n) is 3.51. The molecular weight excluding hydrogens is 365 g/mol. The van der Waals surface area contributed by atoms with Gasteiger partial charge in [-0.1, -0.05) is 29.3 Å². The highest BCUT2D eigenvalue weighted by Crippen LogP contribution is 2.34. The molecule has 124 valence electrons. The van der Waals surface area contributed by atoms with Gasteiger partial charge in [0.15, 0.2) is 0 Å². The monoisotopic (exact) mass is 373 g/mol. The minimum Gasteiger partial charge on any atom is -0.506 e. The lowest BCUT2D eigenvalue weighted by atomic mass is 10.1. The minimum atomic E-state index is -0.732. The molecule has 0 saturated heterocycles. The van der Waals surface area contributed by atoms with Crippen LogP contribution in [0.2, 0.25) is 10.0 Å². The molecule has 3 rings (SSSR count). The molecule has 0 heterocycles. The Kier molecular flexibility index (Phi) is 4.36. The minimum absolute atomic E-state index is 0.0120. The highest BCUT2D eigenvalue weighted by molar-refractivity contribution is 6.43. The Labute approximate surface area is 151 Å². The molecule has 0 aliphatic heterocycles. The Morgan fingerprint density at radius 1 is 0.960 bits per heavy atom. The topological polar surface area (TPSA) is 102 Å². The molecule has 0 aromatic heterocycles. The Hall–Kier alpha value is -3.01. The maximum absolute atomic E-state index is 11.9. The van der Waals surface area contributed by atoms with E-state index in [1.807, 2.05) is 6.07 Å². The van der Waals surface area contributed by atoms with Crippen molar-refractivity contribution in [2.75, 3.05) is 10.6 Å². The van der Waals surface area contributed by atoms with Crippen LogP contribution in [0.5, 0.6) is 5.75 Å². The van der Waals surface area contributed by atoms with E-state index in [-0.39, 0.29) is 33.4 Å². The van der Waals surface area contributed by atoms with E-state index in [0.717, 1.165) is 0 Å². The van der Waals surface area contributed by atoms with E-state index in [9.17, 15) is 14.7 Å². The fraction of sp³-hybridized carbons (Fsp3) is 0. The van der Waals surface area contributed by atoms with E-state index in [4.69, 9.17) is 28.5 Å². The fourth-order valence-corrected chi connectivity index (χ4v) is 2.55. The summed E-state index contributed by atoms with van der Waals surface area (Å²) in [6.45, 7) is 0. The van der Waals surface area contributed by atoms with Crippen molar-refractivity contribution in [3.8, 4) is 11.8 Å². The van der Waals surface area contributed by atoms with E-state index in [1.54, 1.807) is 18.2 Å². The number of halogens is 2. The van der Waals surface area contributed by atoms with Crippen molar-refractivity contribution in [3.05, 3.63) is 72.5 Å². The number of benzene rings is 2. The number of phenols is 1. The van der Waals surface area contributed by atoms with Gasteiger partial charge in [-0.15, -0.1) is 0 Å². The molecule has 0 atom stereocenters. The smallest absolute Gasteiger partial charge is 0.253 e. The maximum Gasteiger partial charge on any atom is 0.253 e. The van der Waals surface area contributed by atoms with Crippen LogP contribution in [0.4, 0.5) is 22.7 Å². The van der Waals surface area contributed by atoms with Gasteiger partial charge in [-0.3, -0.25) is 9.59 Å². The first-order valence-corrected chi connectivity index (χ1v) is 7.72. The molecule has 3 N–H and O–H groups in total. The second kappa shape index (κ2) is 6.48. The van der Waals surface area contributed by atoms with E-state index >= 15 is 0 Å². The molecule has 0 fully saturated rings. The van der Waals surface area contributed by atoms with Gasteiger partial charge in [0, 0.05) is 0 Å². The average molecular weight is 374 g/mol. The SMILES string of the molecule is N#Cc1ccc(Nc2c(Nc3cccc(Cl)c3Cl)c(=O)c2=O)c(O)c1. The summed E-state index contributed by atoms with van der Waals surface area (Å²) >= 11 is 12.0. The lowest BCUT2D eigenvalue weighted by molar-refractivity contribution is 0.477. The molecule has 8 heteroatoms. The summed E-state index contributed by atoms with van der Waals surface area (Å²) in [4.78, 5) is 23.7. The maximum atomic E-state index is 11.9. The number of nitriles is 1. The van der Waals surface area contributed by atoms with Crippen LogP contribution < -0.4 is 21.5 Å². The van der Waals surface area contributed by atoms with Crippen molar-refractivity contribution in [1.82, 2.24) is 0 Å². The molecule has 0 bridgehead atoms. The summed E-state index contributed by atoms with van der Waals surface area (Å²) in [6.07, 6.45) is 0. The first-order valence-electron chi connectivity index (χ1n) is 6.97. The first kappa shape index (κ1) is 16.8. The van der Waals surface area contributed by atoms with E-state index in [0.29, 0.717) is 10.7 Å². The van der Waals surface area contributed by atoms with E-state index < -0.39 is 10.9 Å². The molecule has 0 spiro atoms. The van der Waals surface area contributed by atoms with Gasteiger partial charge in [-0.25, -0.2) is 0 Å². The summed E-state index contributed by atoms with van der Waals surface area (Å²) in [7, 11) is 0. The van der Waals surface area contributed by atoms with Crippen molar-refractivity contribution >= 4 is 46.0 Å². The summed E-state index contributed by atoms with van der Waals surface area (Å²) < 4.78 is 0. The summed E-state index contributed by atoms with van der Waals surface area (Å²) in [5, 5.41) is 24.7. The number of nitrogens with zero attached hydrogens (tertiary/aromatic N) is 1. The molecule has 0 aliphatic carbocycles. The van der Waals surface area contributed by atoms with Gasteiger partial charge < -0.3 is 15.7 Å². The van der Waals surface area contributed by atoms with Crippen LogP contribution in [0, 0.1) is 11.3 Å². The highest BCUT2D eigenvalue weighted by atomic mass is 35.5. The quantitative estimate of drug-likeness (QED) is 0.476. The van der Waals surface area contributed by atoms with Crippen molar-refractivity contribution in [2.45, 2.75) is 0 Å². The number of hydrogen-bond donors (Lipinski definition) is 3. The number of nitrogens with one attached hydrogen (secondary N) is 2. The Bertz CT molecular complexity index is 1100. The van der Waals surface area contributed by atoms with Gasteiger partial charge in [0.25, 0.3) is 10.9 Å². The number of aromatic hydroxyl groups is 1. The van der Waals surface area contributed by atoms with Crippen LogP contribution >= 0.6 is 23.2 Å². The predicted octanol–water partition coefficient (Wildman–Crippen LogP) is 3.65. The summed E-state index contributed by atoms with van der Waals surface area (Å²) in [6, 6.07) is 10.9. The van der Waals surface area contributed by atoms with Gasteiger partial charge in [0.1, 0.15) is 17.1 Å². The van der Waals surface area contributed by atoms with Gasteiger partial charge in [0.05, 0.1) is 33.1 Å². The van der Waals surface area contributed by atoms with Crippen molar-refractivity contribution in [3.63, 3.8) is 0 Å². The van der Waals surface area contributed by atoms with Crippen LogP contribution in [-0.4, -0.2) is 5.11 Å². The number of phenolic OH excluding ortho intramolecular Hbond substituents is 1. The molecule has 0 saturated carbocycles. The molecule has 6 nitrogen and oxygen atoms in total. The molecule has 0 amide bonds. The van der Waals surface area contributed by atoms with Gasteiger partial charge in [-0.2, -0.15) is 5.26 Å². The predicted molar refractivity (Wildman–Crippen MR) is 97.2 cm³/mol. The number of rotatable bonds is 4. The number of hydrogen-bond acceptors (Lipinski definition) is 6. The third-order valence-corrected chi connectivity index (χ3v) is 4.33. The summed E-state index contributed by atoms with van der Waals surface area (Å²) in [5.74, 6) is -0.223. The van der Waals surface area contributed by atoms with Crippen LogP contribution in [0.1, 0.15) is 5.56 Å². The Balaban J connectivity index is 1.94. The lowest BCUT2D eigenvalue weighted by Gasteiger charge is -2.16. The molecule has 3 aromatic carbocycles. The summed E-state index contributed by atoms with van der Waals surface area (Å²) in [5.41, 5.74) is -0.633. The van der Waals surface area contributed by atoms with Crippen molar-refractivity contribution < 1.29 is 5.11 Å². The zero-order valence-corrected chi connectivity index (χ0v) is 13.9. The van der Waals surface area contributed by atoms with E-state index in [1.165, 1.54) is 18.2 Å². The Morgan fingerprint density at radius 2 is 1.60 bits per heavy atom. The third kappa shape index (κ3) is 3.03. The normalized spacial score (nSPS) is 10.4. The van der Waals surface area contributed by atoms with Crippen molar-refractivity contribution in [1.29, 1.82) is 5.26 Å². The first-order chi connectivity index (χ1) is 11.9. The molecule has 25 heavy (non-hydrogen) atoms. The van der Waals surface area contributed by atoms with Gasteiger partial charge >= 0.3 is 0 Å². The Morgan fingerprint density at radius 3 is 2.20 bits per heavy atom. The van der Waals surface area contributed by atoms with Crippen molar-refractivity contribution in [2.24, 2.45) is 0 Å². The molecule has 0 aliphatic rings. The van der Waals surface area contributed by atoms with Gasteiger partial charge in [0.2, 0.25) is 0 Å². The molecule has 3 aromatic rings. The van der Waals surface area contributed by atoms with E-state index in [2.05, 4.69) is 10.6 Å². The molecular formula is C17H9Cl2N3O3.